The Labute approximate surface area is 84.9 Å². The number of carbonyl (C=O) groups is 1. The molecule has 2 atom stereocenters. The molecule has 1 aliphatic heterocycles. The first-order chi connectivity index (χ1) is 6.23. The molecule has 2 heterocycles. The van der Waals surface area contributed by atoms with Crippen LogP contribution in [-0.4, -0.2) is 12.5 Å². The van der Waals surface area contributed by atoms with Crippen molar-refractivity contribution < 1.29 is 4.79 Å². The molecule has 0 radical (unpaired) electrons. The zero-order chi connectivity index (χ0) is 9.05. The number of halogens is 1. The second-order valence-corrected chi connectivity index (χ2v) is 5.40. The molecule has 2 fully saturated rings. The van der Waals surface area contributed by atoms with Gasteiger partial charge in [-0.1, -0.05) is 11.6 Å². The minimum atomic E-state index is -0.183. The van der Waals surface area contributed by atoms with Gasteiger partial charge in [0, 0.05) is 11.4 Å². The average molecular weight is 214 g/mol. The lowest BCUT2D eigenvalue weighted by molar-refractivity contribution is -0.121. The molecule has 3 rings (SSSR count). The van der Waals surface area contributed by atoms with Crippen molar-refractivity contribution in [2.75, 3.05) is 6.54 Å². The van der Waals surface area contributed by atoms with E-state index in [1.54, 1.807) is 0 Å². The summed E-state index contributed by atoms with van der Waals surface area (Å²) in [5, 5.41) is 2.89. The van der Waals surface area contributed by atoms with Crippen LogP contribution in [0.15, 0.2) is 12.1 Å². The summed E-state index contributed by atoms with van der Waals surface area (Å²) in [6.07, 6.45) is 1.01. The summed E-state index contributed by atoms with van der Waals surface area (Å²) in [7, 11) is 0. The van der Waals surface area contributed by atoms with E-state index in [9.17, 15) is 4.79 Å². The molecule has 68 valence electrons. The van der Waals surface area contributed by atoms with Gasteiger partial charge in [-0.2, -0.15) is 0 Å². The molecule has 0 spiro atoms. The maximum absolute atomic E-state index is 11.6. The van der Waals surface area contributed by atoms with Crippen molar-refractivity contribution in [2.45, 2.75) is 11.8 Å². The molecule has 0 aromatic carbocycles. The molecule has 1 aromatic rings. The standard InChI is InChI=1S/C9H8ClNOS/c10-7-2-1-6(13-7)9-3-5(9)4-11-8(9)12/h1-2,5H,3-4H2,(H,11,12)/t5-,9-/m0/s1. The van der Waals surface area contributed by atoms with Gasteiger partial charge in [-0.25, -0.2) is 0 Å². The highest BCUT2D eigenvalue weighted by Crippen LogP contribution is 2.58. The molecule has 1 amide bonds. The van der Waals surface area contributed by atoms with E-state index in [0.717, 1.165) is 22.2 Å². The Kier molecular flexibility index (Phi) is 1.37. The summed E-state index contributed by atoms with van der Waals surface area (Å²) in [4.78, 5) is 12.7. The van der Waals surface area contributed by atoms with Crippen molar-refractivity contribution in [2.24, 2.45) is 5.92 Å². The number of hydrogen-bond acceptors (Lipinski definition) is 2. The highest BCUT2D eigenvalue weighted by Gasteiger charge is 2.65. The molecule has 2 aliphatic rings. The number of thiophene rings is 1. The molecule has 2 nitrogen and oxygen atoms in total. The Morgan fingerprint density at radius 2 is 2.46 bits per heavy atom. The van der Waals surface area contributed by atoms with Crippen molar-refractivity contribution in [1.82, 2.24) is 5.32 Å². The smallest absolute Gasteiger partial charge is 0.231 e. The quantitative estimate of drug-likeness (QED) is 0.757. The zero-order valence-electron chi connectivity index (χ0n) is 6.84. The summed E-state index contributed by atoms with van der Waals surface area (Å²) in [6, 6.07) is 3.86. The van der Waals surface area contributed by atoms with Crippen LogP contribution >= 0.6 is 22.9 Å². The number of piperidine rings is 1. The van der Waals surface area contributed by atoms with Crippen LogP contribution in [0, 0.1) is 5.92 Å². The van der Waals surface area contributed by atoms with Gasteiger partial charge < -0.3 is 5.32 Å². The Morgan fingerprint density at radius 3 is 2.92 bits per heavy atom. The largest absolute Gasteiger partial charge is 0.355 e. The Bertz CT molecular complexity index is 389. The van der Waals surface area contributed by atoms with Gasteiger partial charge in [-0.15, -0.1) is 11.3 Å². The minimum Gasteiger partial charge on any atom is -0.355 e. The summed E-state index contributed by atoms with van der Waals surface area (Å²) in [5.41, 5.74) is -0.183. The third kappa shape index (κ3) is 0.864. The minimum absolute atomic E-state index is 0.183. The van der Waals surface area contributed by atoms with E-state index in [0.29, 0.717) is 5.92 Å². The van der Waals surface area contributed by atoms with E-state index in [1.165, 1.54) is 11.3 Å². The van der Waals surface area contributed by atoms with Crippen molar-refractivity contribution >= 4 is 28.8 Å². The second kappa shape index (κ2) is 2.28. The van der Waals surface area contributed by atoms with Gasteiger partial charge in [0.25, 0.3) is 0 Å². The second-order valence-electron chi connectivity index (χ2n) is 3.69. The Morgan fingerprint density at radius 1 is 1.62 bits per heavy atom. The molecule has 0 unspecified atom stereocenters. The number of rotatable bonds is 1. The van der Waals surface area contributed by atoms with Gasteiger partial charge in [0.2, 0.25) is 5.91 Å². The molecule has 1 aromatic heterocycles. The van der Waals surface area contributed by atoms with Crippen LogP contribution in [-0.2, 0) is 10.2 Å². The van der Waals surface area contributed by atoms with Crippen molar-refractivity contribution in [1.29, 1.82) is 0 Å². The third-order valence-electron chi connectivity index (χ3n) is 3.03. The van der Waals surface area contributed by atoms with E-state index in [-0.39, 0.29) is 11.3 Å². The van der Waals surface area contributed by atoms with E-state index < -0.39 is 0 Å². The molecular weight excluding hydrogens is 206 g/mol. The van der Waals surface area contributed by atoms with Crippen LogP contribution in [0.1, 0.15) is 11.3 Å². The highest BCUT2D eigenvalue weighted by molar-refractivity contribution is 7.16. The SMILES string of the molecule is O=C1NC[C@@H]2C[C@]12c1ccc(Cl)s1. The average Bonchev–Trinajstić information content (AvgIpc) is 2.55. The lowest BCUT2D eigenvalue weighted by atomic mass is 10.0. The Hall–Kier alpha value is -0.540. The lowest BCUT2D eigenvalue weighted by Crippen LogP contribution is -2.27. The molecular formula is C9H8ClNOS. The van der Waals surface area contributed by atoms with Gasteiger partial charge in [0.05, 0.1) is 9.75 Å². The monoisotopic (exact) mass is 213 g/mol. The van der Waals surface area contributed by atoms with Gasteiger partial charge in [0.1, 0.15) is 0 Å². The van der Waals surface area contributed by atoms with Crippen molar-refractivity contribution in [3.8, 4) is 0 Å². The van der Waals surface area contributed by atoms with Crippen LogP contribution in [0.2, 0.25) is 4.34 Å². The molecule has 0 bridgehead atoms. The van der Waals surface area contributed by atoms with E-state index in [4.69, 9.17) is 11.6 Å². The van der Waals surface area contributed by atoms with Crippen molar-refractivity contribution in [3.63, 3.8) is 0 Å². The fourth-order valence-electron chi connectivity index (χ4n) is 2.20. The van der Waals surface area contributed by atoms with E-state index in [2.05, 4.69) is 5.32 Å². The van der Waals surface area contributed by atoms with Crippen LogP contribution in [0.3, 0.4) is 0 Å². The zero-order valence-corrected chi connectivity index (χ0v) is 8.41. The first-order valence-corrected chi connectivity index (χ1v) is 5.47. The summed E-state index contributed by atoms with van der Waals surface area (Å²) >= 11 is 7.39. The first kappa shape index (κ1) is 7.83. The normalized spacial score (nSPS) is 35.8. The maximum Gasteiger partial charge on any atom is 0.231 e. The van der Waals surface area contributed by atoms with E-state index >= 15 is 0 Å². The Balaban J connectivity index is 2.06. The number of hydrogen-bond donors (Lipinski definition) is 1. The molecule has 1 N–H and O–H groups in total. The van der Waals surface area contributed by atoms with Gasteiger partial charge >= 0.3 is 0 Å². The molecule has 4 heteroatoms. The first-order valence-electron chi connectivity index (χ1n) is 4.27. The van der Waals surface area contributed by atoms with Crippen LogP contribution in [0.4, 0.5) is 0 Å². The topological polar surface area (TPSA) is 29.1 Å². The van der Waals surface area contributed by atoms with Gasteiger partial charge in [-0.05, 0) is 24.5 Å². The summed E-state index contributed by atoms with van der Waals surface area (Å²) in [5.74, 6) is 0.714. The van der Waals surface area contributed by atoms with Crippen LogP contribution in [0.25, 0.3) is 0 Å². The highest BCUT2D eigenvalue weighted by atomic mass is 35.5. The van der Waals surface area contributed by atoms with Gasteiger partial charge in [-0.3, -0.25) is 4.79 Å². The third-order valence-corrected chi connectivity index (χ3v) is 4.44. The summed E-state index contributed by atoms with van der Waals surface area (Å²) < 4.78 is 0.773. The fraction of sp³-hybridized carbons (Fsp3) is 0.444. The maximum atomic E-state index is 11.6. The number of carbonyl (C=O) groups excluding carboxylic acids is 1. The number of nitrogens with one attached hydrogen (secondary N) is 1. The van der Waals surface area contributed by atoms with Gasteiger partial charge in [0.15, 0.2) is 0 Å². The molecule has 1 aliphatic carbocycles. The lowest BCUT2D eigenvalue weighted by Gasteiger charge is -2.06. The fourth-order valence-corrected chi connectivity index (χ4v) is 3.52. The molecule has 13 heavy (non-hydrogen) atoms. The number of amides is 1. The summed E-state index contributed by atoms with van der Waals surface area (Å²) in [6.45, 7) is 0.842. The predicted octanol–water partition coefficient (Wildman–Crippen LogP) is 1.79. The van der Waals surface area contributed by atoms with Crippen LogP contribution in [0.5, 0.6) is 0 Å². The van der Waals surface area contributed by atoms with E-state index in [1.807, 2.05) is 12.1 Å². The van der Waals surface area contributed by atoms with Crippen molar-refractivity contribution in [3.05, 3.63) is 21.3 Å². The number of fused-ring (bicyclic) bond motifs is 1. The molecule has 1 saturated heterocycles. The molecule has 1 saturated carbocycles. The van der Waals surface area contributed by atoms with Crippen LogP contribution < -0.4 is 5.32 Å². The predicted molar refractivity (Wildman–Crippen MR) is 52.1 cm³/mol.